The van der Waals surface area contributed by atoms with E-state index in [0.29, 0.717) is 11.5 Å². The highest BCUT2D eigenvalue weighted by Gasteiger charge is 2.26. The molecule has 0 aromatic heterocycles. The Morgan fingerprint density at radius 1 is 1.17 bits per heavy atom. The van der Waals surface area contributed by atoms with Gasteiger partial charge in [0.1, 0.15) is 0 Å². The van der Waals surface area contributed by atoms with Crippen LogP contribution in [0.3, 0.4) is 0 Å². The summed E-state index contributed by atoms with van der Waals surface area (Å²) in [4.78, 5) is 2.55. The fraction of sp³-hybridized carbons (Fsp3) is 1.00. The van der Waals surface area contributed by atoms with E-state index in [1.165, 1.54) is 32.4 Å². The summed E-state index contributed by atoms with van der Waals surface area (Å²) in [5.74, 6) is 0.782. The normalized spacial score (nSPS) is 31.5. The quantitative estimate of drug-likeness (QED) is 0.835. The summed E-state index contributed by atoms with van der Waals surface area (Å²) in [5, 5.41) is 3.40. The second-order valence-corrected chi connectivity index (χ2v) is 7.21. The fourth-order valence-corrected chi connectivity index (χ4v) is 3.21. The maximum absolute atomic E-state index is 6.08. The van der Waals surface area contributed by atoms with Crippen LogP contribution in [0, 0.1) is 11.3 Å². The van der Waals surface area contributed by atoms with Gasteiger partial charge < -0.3 is 10.1 Å². The summed E-state index contributed by atoms with van der Waals surface area (Å²) >= 11 is 0. The molecule has 0 radical (unpaired) electrons. The summed E-state index contributed by atoms with van der Waals surface area (Å²) in [6, 6.07) is 0. The molecular formula is C15H30N2O. The minimum Gasteiger partial charge on any atom is -0.377 e. The van der Waals surface area contributed by atoms with Crippen LogP contribution in [0.4, 0.5) is 0 Å². The molecule has 2 aliphatic heterocycles. The third-order valence-electron chi connectivity index (χ3n) is 4.04. The maximum atomic E-state index is 6.08. The van der Waals surface area contributed by atoms with Crippen molar-refractivity contribution in [1.29, 1.82) is 0 Å². The zero-order valence-electron chi connectivity index (χ0n) is 12.4. The molecule has 106 valence electrons. The van der Waals surface area contributed by atoms with Gasteiger partial charge in [-0.2, -0.15) is 0 Å². The van der Waals surface area contributed by atoms with Gasteiger partial charge in [-0.3, -0.25) is 4.90 Å². The van der Waals surface area contributed by atoms with E-state index in [1.807, 2.05) is 0 Å². The lowest BCUT2D eigenvalue weighted by Gasteiger charge is -2.36. The highest BCUT2D eigenvalue weighted by atomic mass is 16.5. The first-order chi connectivity index (χ1) is 8.53. The van der Waals surface area contributed by atoms with Crippen LogP contribution in [0.15, 0.2) is 0 Å². The topological polar surface area (TPSA) is 24.5 Å². The molecule has 0 aliphatic carbocycles. The fourth-order valence-electron chi connectivity index (χ4n) is 3.21. The van der Waals surface area contributed by atoms with Gasteiger partial charge in [-0.1, -0.05) is 20.8 Å². The average molecular weight is 254 g/mol. The van der Waals surface area contributed by atoms with Crippen LogP contribution in [0.25, 0.3) is 0 Å². The lowest BCUT2D eigenvalue weighted by molar-refractivity contribution is -0.0416. The highest BCUT2D eigenvalue weighted by Crippen LogP contribution is 2.31. The lowest BCUT2D eigenvalue weighted by Crippen LogP contribution is -2.47. The van der Waals surface area contributed by atoms with E-state index >= 15 is 0 Å². The Kier molecular flexibility index (Phi) is 5.05. The van der Waals surface area contributed by atoms with Crippen molar-refractivity contribution < 1.29 is 4.74 Å². The molecule has 0 spiro atoms. The van der Waals surface area contributed by atoms with Crippen LogP contribution in [0.1, 0.15) is 40.0 Å². The molecular weight excluding hydrogens is 224 g/mol. The number of hydrogen-bond acceptors (Lipinski definition) is 3. The zero-order valence-corrected chi connectivity index (χ0v) is 12.4. The van der Waals surface area contributed by atoms with E-state index in [9.17, 15) is 0 Å². The van der Waals surface area contributed by atoms with E-state index < -0.39 is 0 Å². The van der Waals surface area contributed by atoms with E-state index in [1.54, 1.807) is 0 Å². The van der Waals surface area contributed by atoms with Crippen molar-refractivity contribution >= 4 is 0 Å². The first-order valence-electron chi connectivity index (χ1n) is 7.57. The summed E-state index contributed by atoms with van der Waals surface area (Å²) in [5.41, 5.74) is 0.444. The Labute approximate surface area is 112 Å². The third-order valence-corrected chi connectivity index (χ3v) is 4.04. The van der Waals surface area contributed by atoms with Crippen LogP contribution in [0.2, 0.25) is 0 Å². The number of nitrogens with zero attached hydrogens (tertiary/aromatic N) is 1. The first kappa shape index (κ1) is 14.3. The molecule has 2 rings (SSSR count). The predicted octanol–water partition coefficient (Wildman–Crippen LogP) is 2.12. The minimum atomic E-state index is 0.444. The predicted molar refractivity (Wildman–Crippen MR) is 75.8 cm³/mol. The Bertz CT molecular complexity index is 235. The first-order valence-corrected chi connectivity index (χ1v) is 7.57. The molecule has 2 saturated heterocycles. The van der Waals surface area contributed by atoms with Crippen molar-refractivity contribution in [2.45, 2.75) is 46.1 Å². The van der Waals surface area contributed by atoms with Gasteiger partial charge in [0, 0.05) is 39.3 Å². The SMILES string of the molecule is CC(C)(C)C[C@@H]1CC[C@@H](CN2CCNCC2)OC1. The van der Waals surface area contributed by atoms with Crippen molar-refractivity contribution in [3.63, 3.8) is 0 Å². The van der Waals surface area contributed by atoms with Crippen molar-refractivity contribution in [3.05, 3.63) is 0 Å². The van der Waals surface area contributed by atoms with Gasteiger partial charge in [0.25, 0.3) is 0 Å². The van der Waals surface area contributed by atoms with Gasteiger partial charge in [-0.15, -0.1) is 0 Å². The maximum Gasteiger partial charge on any atom is 0.0702 e. The van der Waals surface area contributed by atoms with Gasteiger partial charge in [-0.05, 0) is 30.6 Å². The zero-order chi connectivity index (χ0) is 13.0. The second-order valence-electron chi connectivity index (χ2n) is 7.21. The van der Waals surface area contributed by atoms with Gasteiger partial charge in [0.15, 0.2) is 0 Å². The Hall–Kier alpha value is -0.120. The Balaban J connectivity index is 1.66. The molecule has 0 unspecified atom stereocenters. The second kappa shape index (κ2) is 6.36. The van der Waals surface area contributed by atoms with E-state index in [4.69, 9.17) is 4.74 Å². The van der Waals surface area contributed by atoms with Crippen LogP contribution < -0.4 is 5.32 Å². The molecule has 0 saturated carbocycles. The molecule has 2 atom stereocenters. The number of piperazine rings is 1. The van der Waals surface area contributed by atoms with Crippen molar-refractivity contribution in [2.24, 2.45) is 11.3 Å². The number of rotatable bonds is 3. The van der Waals surface area contributed by atoms with Crippen LogP contribution >= 0.6 is 0 Å². The molecule has 3 nitrogen and oxygen atoms in total. The molecule has 0 aromatic rings. The van der Waals surface area contributed by atoms with Crippen LogP contribution in [0.5, 0.6) is 0 Å². The standard InChI is InChI=1S/C15H30N2O/c1-15(2,3)10-13-4-5-14(18-12-13)11-17-8-6-16-7-9-17/h13-14,16H,4-12H2,1-3H3/t13-,14-/m0/s1. The highest BCUT2D eigenvalue weighted by molar-refractivity contribution is 4.78. The Morgan fingerprint density at radius 3 is 2.44 bits per heavy atom. The largest absolute Gasteiger partial charge is 0.377 e. The summed E-state index contributed by atoms with van der Waals surface area (Å²) in [6.45, 7) is 13.8. The molecule has 1 N–H and O–H groups in total. The van der Waals surface area contributed by atoms with Crippen molar-refractivity contribution in [1.82, 2.24) is 10.2 Å². The van der Waals surface area contributed by atoms with E-state index in [-0.39, 0.29) is 0 Å². The summed E-state index contributed by atoms with van der Waals surface area (Å²) in [7, 11) is 0. The molecule has 2 heterocycles. The average Bonchev–Trinajstić information content (AvgIpc) is 2.31. The van der Waals surface area contributed by atoms with Crippen LogP contribution in [-0.2, 0) is 4.74 Å². The molecule has 18 heavy (non-hydrogen) atoms. The number of hydrogen-bond donors (Lipinski definition) is 1. The van der Waals surface area contributed by atoms with Crippen molar-refractivity contribution in [2.75, 3.05) is 39.3 Å². The van der Waals surface area contributed by atoms with Gasteiger partial charge in [0.2, 0.25) is 0 Å². The number of nitrogens with one attached hydrogen (secondary N) is 1. The lowest BCUT2D eigenvalue weighted by atomic mass is 9.82. The smallest absolute Gasteiger partial charge is 0.0702 e. The number of ether oxygens (including phenoxy) is 1. The molecule has 3 heteroatoms. The summed E-state index contributed by atoms with van der Waals surface area (Å²) < 4.78 is 6.08. The van der Waals surface area contributed by atoms with Crippen molar-refractivity contribution in [3.8, 4) is 0 Å². The van der Waals surface area contributed by atoms with Gasteiger partial charge >= 0.3 is 0 Å². The minimum absolute atomic E-state index is 0.444. The molecule has 2 aliphatic rings. The monoisotopic (exact) mass is 254 g/mol. The Morgan fingerprint density at radius 2 is 1.89 bits per heavy atom. The van der Waals surface area contributed by atoms with Gasteiger partial charge in [-0.25, -0.2) is 0 Å². The van der Waals surface area contributed by atoms with Crippen LogP contribution in [-0.4, -0.2) is 50.3 Å². The molecule has 0 bridgehead atoms. The molecule has 0 amide bonds. The van der Waals surface area contributed by atoms with Gasteiger partial charge in [0.05, 0.1) is 6.10 Å². The van der Waals surface area contributed by atoms with E-state index in [2.05, 4.69) is 31.0 Å². The molecule has 2 fully saturated rings. The summed E-state index contributed by atoms with van der Waals surface area (Å²) in [6.07, 6.45) is 4.39. The van der Waals surface area contributed by atoms with E-state index in [0.717, 1.165) is 32.2 Å². The molecule has 0 aromatic carbocycles. The third kappa shape index (κ3) is 4.87.